The summed E-state index contributed by atoms with van der Waals surface area (Å²) in [5.74, 6) is 0.212. The van der Waals surface area contributed by atoms with E-state index in [9.17, 15) is 4.79 Å². The van der Waals surface area contributed by atoms with Gasteiger partial charge in [-0.15, -0.1) is 0 Å². The van der Waals surface area contributed by atoms with Crippen LogP contribution in [-0.2, 0) is 9.53 Å². The molecule has 0 aromatic heterocycles. The van der Waals surface area contributed by atoms with E-state index in [1.54, 1.807) is 6.92 Å². The van der Waals surface area contributed by atoms with Gasteiger partial charge in [0.25, 0.3) is 0 Å². The molecular formula is C8H14O2S. The highest BCUT2D eigenvalue weighted by molar-refractivity contribution is 7.80. The number of ketones is 1. The van der Waals surface area contributed by atoms with Crippen molar-refractivity contribution in [2.24, 2.45) is 0 Å². The number of carbonyl (C=O) groups excluding carboxylic acids is 1. The molecule has 0 unspecified atom stereocenters. The van der Waals surface area contributed by atoms with Crippen LogP contribution in [-0.4, -0.2) is 17.4 Å². The van der Waals surface area contributed by atoms with E-state index in [-0.39, 0.29) is 5.78 Å². The zero-order chi connectivity index (χ0) is 8.69. The van der Waals surface area contributed by atoms with E-state index in [4.69, 9.17) is 17.0 Å². The van der Waals surface area contributed by atoms with E-state index in [1.807, 2.05) is 6.92 Å². The molecule has 0 rings (SSSR count). The summed E-state index contributed by atoms with van der Waals surface area (Å²) in [6, 6.07) is 0. The minimum atomic E-state index is 0.212. The van der Waals surface area contributed by atoms with Gasteiger partial charge in [0.1, 0.15) is 5.78 Å². The van der Waals surface area contributed by atoms with Gasteiger partial charge < -0.3 is 9.53 Å². The summed E-state index contributed by atoms with van der Waals surface area (Å²) in [5, 5.41) is 0.619. The van der Waals surface area contributed by atoms with Gasteiger partial charge in [-0.05, 0) is 32.5 Å². The van der Waals surface area contributed by atoms with Crippen LogP contribution in [0.5, 0.6) is 0 Å². The van der Waals surface area contributed by atoms with Crippen LogP contribution in [0.25, 0.3) is 0 Å². The Bertz CT molecular complexity index is 143. The first-order valence-corrected chi connectivity index (χ1v) is 4.22. The fourth-order valence-electron chi connectivity index (χ4n) is 0.715. The number of rotatable bonds is 5. The third-order valence-electron chi connectivity index (χ3n) is 1.22. The smallest absolute Gasteiger partial charge is 0.159 e. The van der Waals surface area contributed by atoms with Gasteiger partial charge in [-0.2, -0.15) is 0 Å². The predicted octanol–water partition coefficient (Wildman–Crippen LogP) is 2.11. The lowest BCUT2D eigenvalue weighted by atomic mass is 10.2. The largest absolute Gasteiger partial charge is 0.487 e. The van der Waals surface area contributed by atoms with Gasteiger partial charge in [0, 0.05) is 12.8 Å². The van der Waals surface area contributed by atoms with Crippen LogP contribution in [0.3, 0.4) is 0 Å². The summed E-state index contributed by atoms with van der Waals surface area (Å²) in [6.45, 7) is 4.11. The zero-order valence-electron chi connectivity index (χ0n) is 7.05. The number of carbonyl (C=O) groups is 1. The molecule has 0 heterocycles. The quantitative estimate of drug-likeness (QED) is 0.597. The predicted molar refractivity (Wildman–Crippen MR) is 48.8 cm³/mol. The fourth-order valence-corrected chi connectivity index (χ4v) is 0.977. The van der Waals surface area contributed by atoms with E-state index in [0.717, 1.165) is 12.8 Å². The molecule has 11 heavy (non-hydrogen) atoms. The molecule has 0 atom stereocenters. The molecule has 0 aromatic carbocycles. The van der Waals surface area contributed by atoms with Gasteiger partial charge in [-0.25, -0.2) is 0 Å². The van der Waals surface area contributed by atoms with Gasteiger partial charge in [0.2, 0.25) is 0 Å². The molecule has 0 aliphatic rings. The first-order chi connectivity index (χ1) is 5.16. The Labute approximate surface area is 72.9 Å². The molecule has 0 aromatic rings. The van der Waals surface area contributed by atoms with E-state index in [2.05, 4.69) is 0 Å². The van der Waals surface area contributed by atoms with Crippen molar-refractivity contribution in [2.45, 2.75) is 33.1 Å². The number of thiocarbonyl (C=S) groups is 1. The summed E-state index contributed by atoms with van der Waals surface area (Å²) >= 11 is 4.87. The molecule has 0 N–H and O–H groups in total. The number of Topliss-reactive ketones (excluding diaryl/α,β-unsaturated/α-hetero) is 1. The highest BCUT2D eigenvalue weighted by Gasteiger charge is 1.97. The Kier molecular flexibility index (Phi) is 6.03. The summed E-state index contributed by atoms with van der Waals surface area (Å²) in [6.07, 6.45) is 2.14. The maximum atomic E-state index is 10.5. The average Bonchev–Trinajstić information content (AvgIpc) is 1.87. The first-order valence-electron chi connectivity index (χ1n) is 3.82. The van der Waals surface area contributed by atoms with Gasteiger partial charge in [0.15, 0.2) is 5.05 Å². The van der Waals surface area contributed by atoms with Crippen LogP contribution in [0, 0.1) is 0 Å². The van der Waals surface area contributed by atoms with Crippen molar-refractivity contribution in [2.75, 3.05) is 6.61 Å². The molecule has 0 aliphatic heterocycles. The SMILES string of the molecule is CCOC(=S)CCCC(C)=O. The summed E-state index contributed by atoms with van der Waals surface area (Å²) in [5.41, 5.74) is 0. The fraction of sp³-hybridized carbons (Fsp3) is 0.750. The molecule has 0 saturated carbocycles. The molecule has 0 saturated heterocycles. The Morgan fingerprint density at radius 1 is 1.45 bits per heavy atom. The summed E-state index contributed by atoms with van der Waals surface area (Å²) in [4.78, 5) is 10.5. The van der Waals surface area contributed by atoms with Gasteiger partial charge in [-0.1, -0.05) is 0 Å². The van der Waals surface area contributed by atoms with Crippen molar-refractivity contribution in [3.8, 4) is 0 Å². The molecule has 0 aliphatic carbocycles. The first kappa shape index (κ1) is 10.6. The van der Waals surface area contributed by atoms with Gasteiger partial charge in [-0.3, -0.25) is 0 Å². The van der Waals surface area contributed by atoms with Crippen molar-refractivity contribution < 1.29 is 9.53 Å². The summed E-state index contributed by atoms with van der Waals surface area (Å²) < 4.78 is 5.04. The Hall–Kier alpha value is -0.440. The Morgan fingerprint density at radius 2 is 2.09 bits per heavy atom. The standard InChI is InChI=1S/C8H14O2S/c1-3-10-8(11)6-4-5-7(2)9/h3-6H2,1-2H3. The number of hydrogen-bond donors (Lipinski definition) is 0. The van der Waals surface area contributed by atoms with Crippen molar-refractivity contribution in [1.82, 2.24) is 0 Å². The normalized spacial score (nSPS) is 9.27. The molecule has 0 fully saturated rings. The van der Waals surface area contributed by atoms with Crippen LogP contribution in [0.15, 0.2) is 0 Å². The summed E-state index contributed by atoms with van der Waals surface area (Å²) in [7, 11) is 0. The minimum Gasteiger partial charge on any atom is -0.487 e. The lowest BCUT2D eigenvalue weighted by Gasteiger charge is -2.02. The third kappa shape index (κ3) is 7.46. The van der Waals surface area contributed by atoms with Crippen LogP contribution in [0.1, 0.15) is 33.1 Å². The van der Waals surface area contributed by atoms with E-state index in [0.29, 0.717) is 18.1 Å². The lowest BCUT2D eigenvalue weighted by molar-refractivity contribution is -0.117. The maximum Gasteiger partial charge on any atom is 0.159 e. The Balaban J connectivity index is 3.24. The van der Waals surface area contributed by atoms with Crippen LogP contribution in [0.2, 0.25) is 0 Å². The molecule has 0 spiro atoms. The molecule has 64 valence electrons. The molecule has 0 bridgehead atoms. The second-order valence-corrected chi connectivity index (χ2v) is 2.82. The minimum absolute atomic E-state index is 0.212. The number of ether oxygens (including phenoxy) is 1. The topological polar surface area (TPSA) is 26.3 Å². The second-order valence-electron chi connectivity index (χ2n) is 2.36. The third-order valence-corrected chi connectivity index (χ3v) is 1.54. The second kappa shape index (κ2) is 6.28. The number of hydrogen-bond acceptors (Lipinski definition) is 3. The van der Waals surface area contributed by atoms with Crippen LogP contribution >= 0.6 is 12.2 Å². The molecule has 0 amide bonds. The van der Waals surface area contributed by atoms with Crippen LogP contribution in [0.4, 0.5) is 0 Å². The van der Waals surface area contributed by atoms with Gasteiger partial charge >= 0.3 is 0 Å². The molecule has 3 heteroatoms. The molecule has 0 radical (unpaired) electrons. The van der Waals surface area contributed by atoms with E-state index < -0.39 is 0 Å². The van der Waals surface area contributed by atoms with Crippen molar-refractivity contribution in [3.05, 3.63) is 0 Å². The van der Waals surface area contributed by atoms with Crippen molar-refractivity contribution in [3.63, 3.8) is 0 Å². The Morgan fingerprint density at radius 3 is 2.55 bits per heavy atom. The van der Waals surface area contributed by atoms with Gasteiger partial charge in [0.05, 0.1) is 6.61 Å². The molecular weight excluding hydrogens is 160 g/mol. The van der Waals surface area contributed by atoms with Crippen molar-refractivity contribution in [1.29, 1.82) is 0 Å². The van der Waals surface area contributed by atoms with E-state index in [1.165, 1.54) is 0 Å². The maximum absolute atomic E-state index is 10.5. The monoisotopic (exact) mass is 174 g/mol. The lowest BCUT2D eigenvalue weighted by Crippen LogP contribution is -2.01. The average molecular weight is 174 g/mol. The van der Waals surface area contributed by atoms with E-state index >= 15 is 0 Å². The molecule has 2 nitrogen and oxygen atoms in total. The highest BCUT2D eigenvalue weighted by Crippen LogP contribution is 1.99. The van der Waals surface area contributed by atoms with Crippen LogP contribution < -0.4 is 0 Å². The van der Waals surface area contributed by atoms with Crippen molar-refractivity contribution >= 4 is 23.1 Å². The zero-order valence-corrected chi connectivity index (χ0v) is 7.87. The highest BCUT2D eigenvalue weighted by atomic mass is 32.1.